The molecule has 0 saturated heterocycles. The van der Waals surface area contributed by atoms with Crippen molar-refractivity contribution in [2.45, 2.75) is 0 Å². The minimum Gasteiger partial charge on any atom is -0.404 e. The number of carbonyl (C=O) groups is 1. The molecule has 38 valence electrons. The van der Waals surface area contributed by atoms with E-state index in [9.17, 15) is 4.79 Å². The summed E-state index contributed by atoms with van der Waals surface area (Å²) in [5, 5.41) is 0. The van der Waals surface area contributed by atoms with E-state index in [0.717, 1.165) is 0 Å². The molecule has 0 aromatic carbocycles. The quantitative estimate of drug-likeness (QED) is 0.304. The third-order valence-electron chi connectivity index (χ3n) is 0.564. The zero-order valence-electron chi connectivity index (χ0n) is 3.92. The van der Waals surface area contributed by atoms with Gasteiger partial charge in [-0.05, 0) is 0 Å². The smallest absolute Gasteiger partial charge is 0.151 e. The number of allylic oxidation sites excluding steroid dienone is 2. The van der Waals surface area contributed by atoms with Gasteiger partial charge in [0.1, 0.15) is 0 Å². The third-order valence-corrected chi connectivity index (χ3v) is 0.564. The van der Waals surface area contributed by atoms with Gasteiger partial charge in [0.25, 0.3) is 0 Å². The molecule has 0 aliphatic rings. The molecule has 0 atom stereocenters. The maximum Gasteiger partial charge on any atom is 0.151 e. The van der Waals surface area contributed by atoms with Crippen LogP contribution in [0.2, 0.25) is 0 Å². The summed E-state index contributed by atoms with van der Waals surface area (Å²) in [5.41, 5.74) is 5.35. The second-order valence-electron chi connectivity index (χ2n) is 0.989. The number of carbonyl (C=O) groups excluding carboxylic acids is 1. The lowest BCUT2D eigenvalue weighted by Crippen LogP contribution is -1.84. The van der Waals surface area contributed by atoms with Crippen molar-refractivity contribution >= 4 is 6.29 Å². The molecule has 7 heavy (non-hydrogen) atoms. The van der Waals surface area contributed by atoms with Crippen LogP contribution in [0.3, 0.4) is 0 Å². The second kappa shape index (κ2) is 3.15. The van der Waals surface area contributed by atoms with Crippen LogP contribution in [0.1, 0.15) is 0 Å². The molecule has 0 spiro atoms. The van der Waals surface area contributed by atoms with E-state index in [1.165, 1.54) is 12.3 Å². The van der Waals surface area contributed by atoms with Crippen molar-refractivity contribution in [3.8, 4) is 0 Å². The van der Waals surface area contributed by atoms with Crippen molar-refractivity contribution in [3.63, 3.8) is 0 Å². The first-order valence-electron chi connectivity index (χ1n) is 1.84. The number of hydrogen-bond acceptors (Lipinski definition) is 2. The molecule has 0 radical (unpaired) electrons. The van der Waals surface area contributed by atoms with Crippen molar-refractivity contribution in [1.29, 1.82) is 0 Å². The second-order valence-corrected chi connectivity index (χ2v) is 0.989. The highest BCUT2D eigenvalue weighted by molar-refractivity contribution is 5.76. The molecule has 0 aliphatic heterocycles. The van der Waals surface area contributed by atoms with Crippen molar-refractivity contribution in [2.24, 2.45) is 5.73 Å². The highest BCUT2D eigenvalue weighted by atomic mass is 16.1. The van der Waals surface area contributed by atoms with Gasteiger partial charge in [-0.3, -0.25) is 4.79 Å². The van der Waals surface area contributed by atoms with Gasteiger partial charge in [0.2, 0.25) is 0 Å². The van der Waals surface area contributed by atoms with Gasteiger partial charge in [-0.25, -0.2) is 0 Å². The van der Waals surface area contributed by atoms with Crippen molar-refractivity contribution in [3.05, 3.63) is 24.4 Å². The maximum atomic E-state index is 9.75. The largest absolute Gasteiger partial charge is 0.404 e. The van der Waals surface area contributed by atoms with E-state index in [2.05, 4.69) is 6.58 Å². The van der Waals surface area contributed by atoms with Crippen LogP contribution in [0.25, 0.3) is 0 Å². The number of rotatable bonds is 2. The van der Waals surface area contributed by atoms with Crippen LogP contribution in [-0.4, -0.2) is 6.29 Å². The molecular weight excluding hydrogens is 90.1 g/mol. The van der Waals surface area contributed by atoms with Gasteiger partial charge in [-0.2, -0.15) is 0 Å². The molecule has 2 nitrogen and oxygen atoms in total. The average Bonchev–Trinajstić information content (AvgIpc) is 1.72. The van der Waals surface area contributed by atoms with E-state index in [0.29, 0.717) is 11.9 Å². The fourth-order valence-corrected chi connectivity index (χ4v) is 0.155. The molecular formula is C5H7NO. The average molecular weight is 97.1 g/mol. The summed E-state index contributed by atoms with van der Waals surface area (Å²) in [7, 11) is 0. The number of aldehydes is 1. The Bertz CT molecular complexity index is 94.6. The number of nitrogens with two attached hydrogens (primary N) is 1. The van der Waals surface area contributed by atoms with E-state index in [4.69, 9.17) is 5.73 Å². The molecule has 0 fully saturated rings. The zero-order chi connectivity index (χ0) is 5.70. The van der Waals surface area contributed by atoms with E-state index in [-0.39, 0.29) is 0 Å². The van der Waals surface area contributed by atoms with Gasteiger partial charge in [0.15, 0.2) is 6.29 Å². The molecule has 0 aromatic rings. The van der Waals surface area contributed by atoms with Gasteiger partial charge in [-0.1, -0.05) is 12.7 Å². The normalized spacial score (nSPS) is 10.6. The molecule has 2 N–H and O–H groups in total. The molecule has 2 heteroatoms. The lowest BCUT2D eigenvalue weighted by molar-refractivity contribution is -0.104. The van der Waals surface area contributed by atoms with Crippen molar-refractivity contribution < 1.29 is 4.79 Å². The SMILES string of the molecule is C=C/C(C=O)=C\N. The lowest BCUT2D eigenvalue weighted by atomic mass is 10.3. The van der Waals surface area contributed by atoms with Crippen LogP contribution in [-0.2, 0) is 4.79 Å². The Morgan fingerprint density at radius 2 is 2.29 bits per heavy atom. The van der Waals surface area contributed by atoms with E-state index in [1.807, 2.05) is 0 Å². The Hall–Kier alpha value is -1.05. The molecule has 0 saturated carbocycles. The van der Waals surface area contributed by atoms with Crippen LogP contribution in [0.15, 0.2) is 24.4 Å². The Labute approximate surface area is 42.3 Å². The minimum atomic E-state index is 0.417. The van der Waals surface area contributed by atoms with Crippen LogP contribution in [0.5, 0.6) is 0 Å². The van der Waals surface area contributed by atoms with Gasteiger partial charge in [-0.15, -0.1) is 0 Å². The van der Waals surface area contributed by atoms with Crippen LogP contribution < -0.4 is 5.73 Å². The Kier molecular flexibility index (Phi) is 2.68. The number of hydrogen-bond donors (Lipinski definition) is 1. The Morgan fingerprint density at radius 1 is 1.71 bits per heavy atom. The van der Waals surface area contributed by atoms with Crippen LogP contribution in [0, 0.1) is 0 Å². The lowest BCUT2D eigenvalue weighted by Gasteiger charge is -1.78. The van der Waals surface area contributed by atoms with Crippen molar-refractivity contribution in [1.82, 2.24) is 0 Å². The first-order valence-corrected chi connectivity index (χ1v) is 1.84. The van der Waals surface area contributed by atoms with Gasteiger partial charge in [0.05, 0.1) is 0 Å². The summed E-state index contributed by atoms with van der Waals surface area (Å²) < 4.78 is 0. The standard InChI is InChI=1S/C5H7NO/c1-2-5(3-6)4-7/h2-4H,1,6H2/b5-3+. The van der Waals surface area contributed by atoms with E-state index < -0.39 is 0 Å². The molecule has 0 aromatic heterocycles. The fourth-order valence-electron chi connectivity index (χ4n) is 0.155. The maximum absolute atomic E-state index is 9.75. The highest BCUT2D eigenvalue weighted by Gasteiger charge is 1.78. The Morgan fingerprint density at radius 3 is 2.29 bits per heavy atom. The minimum absolute atomic E-state index is 0.417. The summed E-state index contributed by atoms with van der Waals surface area (Å²) in [4.78, 5) is 9.75. The summed E-state index contributed by atoms with van der Waals surface area (Å²) in [6.07, 6.45) is 3.25. The molecule has 0 bridgehead atoms. The molecule has 0 unspecified atom stereocenters. The zero-order valence-corrected chi connectivity index (χ0v) is 3.92. The monoisotopic (exact) mass is 97.1 g/mol. The first kappa shape index (κ1) is 5.95. The molecule has 0 amide bonds. The Balaban J connectivity index is 3.85. The highest BCUT2D eigenvalue weighted by Crippen LogP contribution is 1.82. The van der Waals surface area contributed by atoms with E-state index in [1.54, 1.807) is 0 Å². The molecule has 0 aliphatic carbocycles. The summed E-state index contributed by atoms with van der Waals surface area (Å²) >= 11 is 0. The predicted octanol–water partition coefficient (Wildman–Crippen LogP) is 0.214. The van der Waals surface area contributed by atoms with Gasteiger partial charge < -0.3 is 5.73 Å². The van der Waals surface area contributed by atoms with Crippen LogP contribution in [0.4, 0.5) is 0 Å². The topological polar surface area (TPSA) is 43.1 Å². The summed E-state index contributed by atoms with van der Waals surface area (Å²) in [5.74, 6) is 0. The first-order chi connectivity index (χ1) is 3.35. The predicted molar refractivity (Wildman–Crippen MR) is 28.5 cm³/mol. The van der Waals surface area contributed by atoms with Crippen LogP contribution >= 0.6 is 0 Å². The third kappa shape index (κ3) is 1.76. The van der Waals surface area contributed by atoms with Gasteiger partial charge in [0, 0.05) is 11.8 Å². The summed E-state index contributed by atoms with van der Waals surface area (Å²) in [6, 6.07) is 0. The molecule has 0 rings (SSSR count). The fraction of sp³-hybridized carbons (Fsp3) is 0. The molecule has 0 heterocycles. The van der Waals surface area contributed by atoms with Crippen molar-refractivity contribution in [2.75, 3.05) is 0 Å². The summed E-state index contributed by atoms with van der Waals surface area (Å²) in [6.45, 7) is 3.32. The van der Waals surface area contributed by atoms with E-state index >= 15 is 0 Å². The van der Waals surface area contributed by atoms with Gasteiger partial charge >= 0.3 is 0 Å².